The van der Waals surface area contributed by atoms with Gasteiger partial charge in [-0.15, -0.1) is 0 Å². The summed E-state index contributed by atoms with van der Waals surface area (Å²) in [7, 11) is 0. The number of aryl methyl sites for hydroxylation is 1. The number of nitrogens with zero attached hydrogens (tertiary/aromatic N) is 1. The number of benzene rings is 2. The van der Waals surface area contributed by atoms with Gasteiger partial charge in [-0.25, -0.2) is 0 Å². The molecule has 0 fully saturated rings. The maximum Gasteiger partial charge on any atom is 0.310 e. The van der Waals surface area contributed by atoms with E-state index in [0.29, 0.717) is 17.8 Å². The molecule has 28 heavy (non-hydrogen) atoms. The highest BCUT2D eigenvalue weighted by Crippen LogP contribution is 2.18. The molecule has 3 rings (SSSR count). The Bertz CT molecular complexity index is 1010. The van der Waals surface area contributed by atoms with Gasteiger partial charge in [0.15, 0.2) is 0 Å². The Kier molecular flexibility index (Phi) is 5.90. The lowest BCUT2D eigenvalue weighted by Crippen LogP contribution is -2.09. The second kappa shape index (κ2) is 8.53. The van der Waals surface area contributed by atoms with Crippen LogP contribution < -0.4 is 0 Å². The first-order valence-electron chi connectivity index (χ1n) is 9.21. The lowest BCUT2D eigenvalue weighted by atomic mass is 9.99. The molecule has 3 aromatic rings. The number of aliphatic carboxylic acids is 1. The minimum atomic E-state index is -0.840. The third-order valence-electron chi connectivity index (χ3n) is 4.77. The SMILES string of the molecule is Cc1ccc(C(=O)c2cccn2CC=Cc2cccc([C@@H](C)C(=O)O)c2)cc1. The molecule has 0 amide bonds. The molecule has 0 radical (unpaired) electrons. The van der Waals surface area contributed by atoms with Gasteiger partial charge in [0.2, 0.25) is 5.78 Å². The zero-order chi connectivity index (χ0) is 20.1. The Hall–Kier alpha value is -3.40. The maximum atomic E-state index is 12.8. The molecule has 0 saturated heterocycles. The number of carboxylic acids is 1. The minimum Gasteiger partial charge on any atom is -0.481 e. The van der Waals surface area contributed by atoms with Crippen molar-refractivity contribution < 1.29 is 14.7 Å². The predicted octanol–water partition coefficient (Wildman–Crippen LogP) is 4.93. The Labute approximate surface area is 164 Å². The van der Waals surface area contributed by atoms with Crippen LogP contribution in [0.4, 0.5) is 0 Å². The summed E-state index contributed by atoms with van der Waals surface area (Å²) in [5, 5.41) is 9.17. The van der Waals surface area contributed by atoms with Crippen LogP contribution in [0.15, 0.2) is 72.9 Å². The van der Waals surface area contributed by atoms with Crippen LogP contribution in [-0.4, -0.2) is 21.4 Å². The summed E-state index contributed by atoms with van der Waals surface area (Å²) in [5.41, 5.74) is 4.14. The standard InChI is InChI=1S/C24H23NO3/c1-17-10-12-20(13-11-17)23(26)22-9-5-15-25(22)14-4-7-19-6-3-8-21(16-19)18(2)24(27)28/h3-13,15-16,18H,14H2,1-2H3,(H,27,28)/t18-/m1/s1. The van der Waals surface area contributed by atoms with Gasteiger partial charge < -0.3 is 9.67 Å². The number of hydrogen-bond donors (Lipinski definition) is 1. The van der Waals surface area contributed by atoms with Gasteiger partial charge in [0.1, 0.15) is 0 Å². The summed E-state index contributed by atoms with van der Waals surface area (Å²) in [6, 6.07) is 18.7. The third kappa shape index (κ3) is 4.46. The fraction of sp³-hybridized carbons (Fsp3) is 0.167. The number of rotatable bonds is 7. The van der Waals surface area contributed by atoms with Gasteiger partial charge in [-0.3, -0.25) is 9.59 Å². The molecule has 1 aromatic heterocycles. The van der Waals surface area contributed by atoms with E-state index in [9.17, 15) is 9.59 Å². The number of hydrogen-bond acceptors (Lipinski definition) is 2. The predicted molar refractivity (Wildman–Crippen MR) is 111 cm³/mol. The molecular formula is C24H23NO3. The van der Waals surface area contributed by atoms with Crippen LogP contribution in [0.3, 0.4) is 0 Å². The first-order valence-corrected chi connectivity index (χ1v) is 9.21. The summed E-state index contributed by atoms with van der Waals surface area (Å²) in [4.78, 5) is 23.9. The van der Waals surface area contributed by atoms with Gasteiger partial charge in [-0.2, -0.15) is 0 Å². The quantitative estimate of drug-likeness (QED) is 0.598. The summed E-state index contributed by atoms with van der Waals surface area (Å²) >= 11 is 0. The molecule has 142 valence electrons. The molecule has 4 nitrogen and oxygen atoms in total. The molecule has 0 aliphatic carbocycles. The molecular weight excluding hydrogens is 350 g/mol. The van der Waals surface area contributed by atoms with Crippen molar-refractivity contribution in [2.75, 3.05) is 0 Å². The fourth-order valence-electron chi connectivity index (χ4n) is 3.01. The Balaban J connectivity index is 1.73. The van der Waals surface area contributed by atoms with Crippen LogP contribution in [0.25, 0.3) is 6.08 Å². The molecule has 0 bridgehead atoms. The Morgan fingerprint density at radius 2 is 1.82 bits per heavy atom. The molecule has 0 aliphatic rings. The van der Waals surface area contributed by atoms with E-state index in [1.807, 2.05) is 90.5 Å². The largest absolute Gasteiger partial charge is 0.481 e. The zero-order valence-corrected chi connectivity index (χ0v) is 16.0. The zero-order valence-electron chi connectivity index (χ0n) is 16.0. The van der Waals surface area contributed by atoms with E-state index in [4.69, 9.17) is 5.11 Å². The molecule has 0 saturated carbocycles. The van der Waals surface area contributed by atoms with E-state index in [-0.39, 0.29) is 5.78 Å². The highest BCUT2D eigenvalue weighted by atomic mass is 16.4. The van der Waals surface area contributed by atoms with Crippen molar-refractivity contribution in [3.8, 4) is 0 Å². The van der Waals surface area contributed by atoms with Gasteiger partial charge in [0.25, 0.3) is 0 Å². The van der Waals surface area contributed by atoms with E-state index in [2.05, 4.69) is 0 Å². The molecule has 2 aromatic carbocycles. The molecule has 0 unspecified atom stereocenters. The lowest BCUT2D eigenvalue weighted by molar-refractivity contribution is -0.138. The molecule has 0 aliphatic heterocycles. The summed E-state index contributed by atoms with van der Waals surface area (Å²) in [6.45, 7) is 4.22. The summed E-state index contributed by atoms with van der Waals surface area (Å²) in [5.74, 6) is -1.39. The van der Waals surface area contributed by atoms with E-state index in [1.165, 1.54) is 0 Å². The number of ketones is 1. The Morgan fingerprint density at radius 1 is 1.07 bits per heavy atom. The first kappa shape index (κ1) is 19.4. The Morgan fingerprint density at radius 3 is 2.54 bits per heavy atom. The van der Waals surface area contributed by atoms with E-state index in [1.54, 1.807) is 6.92 Å². The van der Waals surface area contributed by atoms with Crippen molar-refractivity contribution in [3.05, 3.63) is 101 Å². The average molecular weight is 373 g/mol. The topological polar surface area (TPSA) is 59.3 Å². The monoisotopic (exact) mass is 373 g/mol. The molecule has 1 heterocycles. The van der Waals surface area contributed by atoms with Gasteiger partial charge in [-0.05, 0) is 37.1 Å². The number of allylic oxidation sites excluding steroid dienone is 1. The van der Waals surface area contributed by atoms with Crippen molar-refractivity contribution in [1.29, 1.82) is 0 Å². The van der Waals surface area contributed by atoms with Gasteiger partial charge in [0, 0.05) is 18.3 Å². The fourth-order valence-corrected chi connectivity index (χ4v) is 3.01. The van der Waals surface area contributed by atoms with Crippen LogP contribution in [0.1, 0.15) is 45.6 Å². The van der Waals surface area contributed by atoms with Crippen molar-refractivity contribution in [1.82, 2.24) is 4.57 Å². The van der Waals surface area contributed by atoms with Crippen LogP contribution in [-0.2, 0) is 11.3 Å². The van der Waals surface area contributed by atoms with Crippen LogP contribution >= 0.6 is 0 Å². The van der Waals surface area contributed by atoms with Crippen molar-refractivity contribution in [3.63, 3.8) is 0 Å². The van der Waals surface area contributed by atoms with Crippen LogP contribution in [0.2, 0.25) is 0 Å². The van der Waals surface area contributed by atoms with Crippen LogP contribution in [0.5, 0.6) is 0 Å². The molecule has 1 atom stereocenters. The minimum absolute atomic E-state index is 0.00400. The van der Waals surface area contributed by atoms with E-state index in [0.717, 1.165) is 16.7 Å². The lowest BCUT2D eigenvalue weighted by Gasteiger charge is -2.08. The summed E-state index contributed by atoms with van der Waals surface area (Å²) < 4.78 is 1.91. The normalized spacial score (nSPS) is 12.2. The van der Waals surface area contributed by atoms with Crippen molar-refractivity contribution in [2.24, 2.45) is 0 Å². The summed E-state index contributed by atoms with van der Waals surface area (Å²) in [6.07, 6.45) is 5.80. The molecule has 0 spiro atoms. The highest BCUT2D eigenvalue weighted by molar-refractivity contribution is 6.08. The maximum absolute atomic E-state index is 12.8. The number of aromatic nitrogens is 1. The average Bonchev–Trinajstić information content (AvgIpc) is 3.16. The second-order valence-electron chi connectivity index (χ2n) is 6.87. The number of carboxylic acid groups (broad SMARTS) is 1. The smallest absolute Gasteiger partial charge is 0.310 e. The van der Waals surface area contributed by atoms with E-state index < -0.39 is 11.9 Å². The van der Waals surface area contributed by atoms with E-state index >= 15 is 0 Å². The van der Waals surface area contributed by atoms with Crippen molar-refractivity contribution >= 4 is 17.8 Å². The van der Waals surface area contributed by atoms with Gasteiger partial charge in [-0.1, -0.05) is 66.2 Å². The second-order valence-corrected chi connectivity index (χ2v) is 6.87. The molecule has 4 heteroatoms. The number of carbonyl (C=O) groups excluding carboxylic acids is 1. The van der Waals surface area contributed by atoms with Crippen LogP contribution in [0, 0.1) is 6.92 Å². The van der Waals surface area contributed by atoms with Gasteiger partial charge >= 0.3 is 5.97 Å². The first-order chi connectivity index (χ1) is 13.5. The molecule has 1 N–H and O–H groups in total. The third-order valence-corrected chi connectivity index (χ3v) is 4.77. The van der Waals surface area contributed by atoms with Crippen molar-refractivity contribution in [2.45, 2.75) is 26.3 Å². The highest BCUT2D eigenvalue weighted by Gasteiger charge is 2.14. The van der Waals surface area contributed by atoms with Gasteiger partial charge in [0.05, 0.1) is 11.6 Å². The number of carbonyl (C=O) groups is 2.